The number of sulfonamides is 1. The molecule has 4 aromatic rings. The zero-order valence-corrected chi connectivity index (χ0v) is 22.9. The van der Waals surface area contributed by atoms with E-state index in [0.29, 0.717) is 27.9 Å². The van der Waals surface area contributed by atoms with Crippen LogP contribution < -0.4 is 14.2 Å². The summed E-state index contributed by atoms with van der Waals surface area (Å²) in [5, 5.41) is 7.61. The largest absolute Gasteiger partial charge is 0.494 e. The summed E-state index contributed by atoms with van der Waals surface area (Å²) in [5.41, 5.74) is 1.59. The Morgan fingerprint density at radius 1 is 0.974 bits per heavy atom. The van der Waals surface area contributed by atoms with Crippen molar-refractivity contribution < 1.29 is 22.6 Å². The number of hydrogen-bond donors (Lipinski definition) is 1. The van der Waals surface area contributed by atoms with Gasteiger partial charge in [0.25, 0.3) is 0 Å². The fraction of sp³-hybridized carbons (Fsp3) is 0.292. The monoisotopic (exact) mass is 559 g/mol. The molecule has 0 bridgehead atoms. The van der Waals surface area contributed by atoms with Crippen LogP contribution in [0.2, 0.25) is 5.02 Å². The molecule has 0 aliphatic rings. The van der Waals surface area contributed by atoms with Gasteiger partial charge in [-0.3, -0.25) is 9.29 Å². The number of benzene rings is 1. The van der Waals surface area contributed by atoms with E-state index in [0.717, 1.165) is 5.69 Å². The lowest BCUT2D eigenvalue weighted by molar-refractivity contribution is 0.0950. The van der Waals surface area contributed by atoms with Crippen molar-refractivity contribution >= 4 is 27.6 Å². The van der Waals surface area contributed by atoms with E-state index < -0.39 is 21.4 Å². The molecule has 0 aliphatic carbocycles. The molecule has 200 valence electrons. The number of nitrogens with zero attached hydrogens (tertiary/aromatic N) is 6. The van der Waals surface area contributed by atoms with Crippen LogP contribution in [0.15, 0.2) is 48.8 Å². The Kier molecular flexibility index (Phi) is 8.09. The van der Waals surface area contributed by atoms with Crippen LogP contribution >= 0.6 is 11.6 Å². The molecule has 0 amide bonds. The number of pyridine rings is 1. The molecule has 1 aromatic carbocycles. The fourth-order valence-corrected chi connectivity index (χ4v) is 5.04. The van der Waals surface area contributed by atoms with Gasteiger partial charge in [0.2, 0.25) is 16.0 Å². The van der Waals surface area contributed by atoms with Crippen LogP contribution in [0.25, 0.3) is 17.2 Å². The Morgan fingerprint density at radius 2 is 1.61 bits per heavy atom. The molecule has 0 fully saturated rings. The van der Waals surface area contributed by atoms with E-state index in [1.165, 1.54) is 45.2 Å². The average Bonchev–Trinajstić information content (AvgIpc) is 3.31. The third-order valence-electron chi connectivity index (χ3n) is 5.70. The highest BCUT2D eigenvalue weighted by atomic mass is 35.5. The quantitative estimate of drug-likeness (QED) is 0.306. The maximum absolute atomic E-state index is 13.6. The third-order valence-corrected chi connectivity index (χ3v) is 7.59. The molecule has 0 saturated carbocycles. The third kappa shape index (κ3) is 5.39. The number of aryl methyl sites for hydroxylation is 1. The number of ether oxygens (including phenoxy) is 3. The number of aromatic nitrogens is 6. The van der Waals surface area contributed by atoms with Crippen LogP contribution in [0.5, 0.6) is 11.5 Å². The number of hydrogen-bond acceptors (Lipinski definition) is 10. The first-order valence-electron chi connectivity index (χ1n) is 11.3. The molecule has 3 aromatic heterocycles. The molecule has 0 aliphatic heterocycles. The van der Waals surface area contributed by atoms with Crippen molar-refractivity contribution in [2.45, 2.75) is 25.2 Å². The first kappa shape index (κ1) is 27.2. The van der Waals surface area contributed by atoms with E-state index in [4.69, 9.17) is 25.8 Å². The second-order valence-corrected chi connectivity index (χ2v) is 10.6. The van der Waals surface area contributed by atoms with E-state index in [1.807, 2.05) is 19.1 Å². The van der Waals surface area contributed by atoms with Gasteiger partial charge in [0.05, 0.1) is 19.2 Å². The Bertz CT molecular complexity index is 1510. The van der Waals surface area contributed by atoms with E-state index in [2.05, 4.69) is 29.9 Å². The summed E-state index contributed by atoms with van der Waals surface area (Å²) in [6, 6.07) is 10.6. The number of halogens is 1. The van der Waals surface area contributed by atoms with E-state index in [1.54, 1.807) is 24.3 Å². The van der Waals surface area contributed by atoms with Crippen molar-refractivity contribution in [2.24, 2.45) is 0 Å². The highest BCUT2D eigenvalue weighted by Gasteiger charge is 2.35. The van der Waals surface area contributed by atoms with Crippen LogP contribution in [0.1, 0.15) is 24.5 Å². The standard InChI is InChI=1S/C24H26ClN7O5S/c1-14-8-6-9-17(28-14)23-29-30-24(32(23)20-18(35-3)10-7-11-19(20)36-4)31-38(33,34)15(2)21(37-5)22-26-12-16(25)13-27-22/h6-13,15,21H,1-5H3,(H,30,31)/t15-,21-/m1/s1. The first-order valence-corrected chi connectivity index (χ1v) is 13.2. The van der Waals surface area contributed by atoms with Gasteiger partial charge in [-0.05, 0) is 38.1 Å². The van der Waals surface area contributed by atoms with Crippen LogP contribution in [-0.2, 0) is 14.8 Å². The van der Waals surface area contributed by atoms with Crippen molar-refractivity contribution in [2.75, 3.05) is 26.1 Å². The lowest BCUT2D eigenvalue weighted by Gasteiger charge is -2.22. The lowest BCUT2D eigenvalue weighted by Crippen LogP contribution is -2.33. The number of anilines is 1. The van der Waals surface area contributed by atoms with Crippen LogP contribution in [-0.4, -0.2) is 64.7 Å². The van der Waals surface area contributed by atoms with Crippen molar-refractivity contribution in [1.29, 1.82) is 0 Å². The van der Waals surface area contributed by atoms with Gasteiger partial charge in [-0.25, -0.2) is 23.4 Å². The number of methoxy groups -OCH3 is 3. The number of nitrogens with one attached hydrogen (secondary N) is 1. The second-order valence-electron chi connectivity index (χ2n) is 8.13. The van der Waals surface area contributed by atoms with Gasteiger partial charge in [0.15, 0.2) is 11.6 Å². The summed E-state index contributed by atoms with van der Waals surface area (Å²) < 4.78 is 47.9. The van der Waals surface area contributed by atoms with Crippen LogP contribution in [0.4, 0.5) is 5.95 Å². The minimum absolute atomic E-state index is 0.107. The topological polar surface area (TPSA) is 143 Å². The van der Waals surface area contributed by atoms with Gasteiger partial charge in [0, 0.05) is 25.2 Å². The van der Waals surface area contributed by atoms with Gasteiger partial charge in [0.1, 0.15) is 34.2 Å². The predicted molar refractivity (Wildman–Crippen MR) is 141 cm³/mol. The first-order chi connectivity index (χ1) is 18.2. The van der Waals surface area contributed by atoms with Gasteiger partial charge in [-0.15, -0.1) is 10.2 Å². The highest BCUT2D eigenvalue weighted by molar-refractivity contribution is 7.93. The van der Waals surface area contributed by atoms with Gasteiger partial charge < -0.3 is 14.2 Å². The van der Waals surface area contributed by atoms with Crippen molar-refractivity contribution in [3.8, 4) is 28.7 Å². The molecule has 38 heavy (non-hydrogen) atoms. The Balaban J connectivity index is 1.84. The second kappa shape index (κ2) is 11.3. The van der Waals surface area contributed by atoms with E-state index >= 15 is 0 Å². The summed E-state index contributed by atoms with van der Waals surface area (Å²) in [4.78, 5) is 12.8. The summed E-state index contributed by atoms with van der Waals surface area (Å²) in [7, 11) is 0.219. The molecule has 0 spiro atoms. The molecular formula is C24H26ClN7O5S. The molecular weight excluding hydrogens is 534 g/mol. The molecule has 12 nitrogen and oxygen atoms in total. The maximum Gasteiger partial charge on any atom is 0.243 e. The van der Waals surface area contributed by atoms with Gasteiger partial charge in [-0.1, -0.05) is 23.7 Å². The van der Waals surface area contributed by atoms with E-state index in [9.17, 15) is 8.42 Å². The molecule has 0 radical (unpaired) electrons. The lowest BCUT2D eigenvalue weighted by atomic mass is 10.2. The highest BCUT2D eigenvalue weighted by Crippen LogP contribution is 2.37. The van der Waals surface area contributed by atoms with Crippen molar-refractivity contribution in [3.63, 3.8) is 0 Å². The van der Waals surface area contributed by atoms with Crippen LogP contribution in [0.3, 0.4) is 0 Å². The smallest absolute Gasteiger partial charge is 0.243 e. The molecule has 2 atom stereocenters. The minimum atomic E-state index is -4.14. The van der Waals surface area contributed by atoms with Crippen molar-refractivity contribution in [3.05, 3.63) is 65.3 Å². The summed E-state index contributed by atoms with van der Waals surface area (Å²) in [5.74, 6) is 1.12. The Labute approximate surface area is 225 Å². The summed E-state index contributed by atoms with van der Waals surface area (Å²) in [6.45, 7) is 3.31. The molecule has 14 heteroatoms. The van der Waals surface area contributed by atoms with Crippen LogP contribution in [0, 0.1) is 6.92 Å². The van der Waals surface area contributed by atoms with Gasteiger partial charge in [-0.2, -0.15) is 0 Å². The SMILES string of the molecule is COc1cccc(OC)c1-n1c(NS(=O)(=O)[C@H](C)[C@@H](OC)c2ncc(Cl)cn2)nnc1-c1cccc(C)n1. The fourth-order valence-electron chi connectivity index (χ4n) is 3.81. The molecule has 4 rings (SSSR count). The predicted octanol–water partition coefficient (Wildman–Crippen LogP) is 3.62. The number of rotatable bonds is 10. The summed E-state index contributed by atoms with van der Waals surface area (Å²) >= 11 is 5.88. The molecule has 1 N–H and O–H groups in total. The minimum Gasteiger partial charge on any atom is -0.494 e. The number of para-hydroxylation sites is 1. The zero-order chi connectivity index (χ0) is 27.4. The molecule has 0 saturated heterocycles. The molecule has 0 unspecified atom stereocenters. The summed E-state index contributed by atoms with van der Waals surface area (Å²) in [6.07, 6.45) is 1.74. The maximum atomic E-state index is 13.6. The van der Waals surface area contributed by atoms with Crippen molar-refractivity contribution in [1.82, 2.24) is 29.7 Å². The Hall–Kier alpha value is -3.81. The van der Waals surface area contributed by atoms with E-state index in [-0.39, 0.29) is 17.6 Å². The molecule has 3 heterocycles. The average molecular weight is 560 g/mol. The zero-order valence-electron chi connectivity index (χ0n) is 21.3. The normalized spacial score (nSPS) is 13.1. The Morgan fingerprint density at radius 3 is 2.18 bits per heavy atom. The van der Waals surface area contributed by atoms with Gasteiger partial charge >= 0.3 is 0 Å².